The van der Waals surface area contributed by atoms with E-state index in [2.05, 4.69) is 15.6 Å². The number of benzene rings is 2. The predicted molar refractivity (Wildman–Crippen MR) is 88.9 cm³/mol. The number of amides is 1. The predicted octanol–water partition coefficient (Wildman–Crippen LogP) is 4.60. The molecular weight excluding hydrogens is 337 g/mol. The second-order valence-corrected chi connectivity index (χ2v) is 5.75. The van der Waals surface area contributed by atoms with Gasteiger partial charge in [0.25, 0.3) is 5.91 Å². The summed E-state index contributed by atoms with van der Waals surface area (Å²) >= 11 is 11.9. The summed E-state index contributed by atoms with van der Waals surface area (Å²) < 4.78 is 4.75. The summed E-state index contributed by atoms with van der Waals surface area (Å²) in [4.78, 5) is 12.3. The topological polar surface area (TPSA) is 68.0 Å². The number of nitrogens with zero attached hydrogens (tertiary/aromatic N) is 2. The highest BCUT2D eigenvalue weighted by Crippen LogP contribution is 2.26. The second-order valence-electron chi connectivity index (χ2n) is 4.91. The molecule has 0 atom stereocenters. The van der Waals surface area contributed by atoms with Gasteiger partial charge in [0, 0.05) is 10.6 Å². The fourth-order valence-electron chi connectivity index (χ4n) is 2.02. The van der Waals surface area contributed by atoms with Gasteiger partial charge < -0.3 is 5.32 Å². The van der Waals surface area contributed by atoms with Crippen LogP contribution in [0.4, 0.5) is 5.82 Å². The average Bonchev–Trinajstić information content (AvgIpc) is 2.96. The zero-order valence-electron chi connectivity index (χ0n) is 12.0. The Kier molecular flexibility index (Phi) is 4.32. The minimum Gasteiger partial charge on any atom is -0.302 e. The van der Waals surface area contributed by atoms with Crippen LogP contribution in [0.25, 0.3) is 11.3 Å². The standard InChI is InChI=1S/C16H11Cl2N3O2/c1-9-2-4-10(5-3-9)14-15(21-23-20-14)19-16(22)12-7-6-11(17)8-13(12)18/h2-8H,1H3,(H,19,21,22). The van der Waals surface area contributed by atoms with E-state index in [-0.39, 0.29) is 16.4 Å². The number of carbonyl (C=O) groups is 1. The van der Waals surface area contributed by atoms with E-state index in [0.29, 0.717) is 10.7 Å². The Balaban J connectivity index is 1.88. The Labute approximate surface area is 142 Å². The molecule has 1 N–H and O–H groups in total. The number of anilines is 1. The number of aryl methyl sites for hydroxylation is 1. The van der Waals surface area contributed by atoms with Crippen LogP contribution >= 0.6 is 23.2 Å². The molecule has 0 aliphatic rings. The first-order valence-corrected chi connectivity index (χ1v) is 7.46. The molecule has 0 radical (unpaired) electrons. The molecule has 2 aromatic carbocycles. The van der Waals surface area contributed by atoms with E-state index in [1.807, 2.05) is 31.2 Å². The van der Waals surface area contributed by atoms with Gasteiger partial charge in [-0.05, 0) is 35.4 Å². The zero-order valence-corrected chi connectivity index (χ0v) is 13.5. The number of aromatic nitrogens is 2. The molecule has 0 saturated heterocycles. The summed E-state index contributed by atoms with van der Waals surface area (Å²) in [5, 5.41) is 10.9. The molecule has 0 aliphatic carbocycles. The third kappa shape index (κ3) is 3.36. The Morgan fingerprint density at radius 3 is 2.52 bits per heavy atom. The summed E-state index contributed by atoms with van der Waals surface area (Å²) in [7, 11) is 0. The van der Waals surface area contributed by atoms with E-state index in [4.69, 9.17) is 27.8 Å². The lowest BCUT2D eigenvalue weighted by Crippen LogP contribution is -2.13. The van der Waals surface area contributed by atoms with Gasteiger partial charge in [-0.2, -0.15) is 0 Å². The first kappa shape index (κ1) is 15.5. The summed E-state index contributed by atoms with van der Waals surface area (Å²) in [6, 6.07) is 12.3. The number of carbonyl (C=O) groups excluding carboxylic acids is 1. The van der Waals surface area contributed by atoms with E-state index in [1.165, 1.54) is 6.07 Å². The molecule has 0 unspecified atom stereocenters. The van der Waals surface area contributed by atoms with Crippen LogP contribution in [0.5, 0.6) is 0 Å². The number of halogens is 2. The van der Waals surface area contributed by atoms with Gasteiger partial charge in [-0.15, -0.1) is 0 Å². The van der Waals surface area contributed by atoms with Crippen LogP contribution in [0.15, 0.2) is 47.1 Å². The maximum atomic E-state index is 12.3. The van der Waals surface area contributed by atoms with Crippen LogP contribution in [0.1, 0.15) is 15.9 Å². The lowest BCUT2D eigenvalue weighted by Gasteiger charge is -2.05. The van der Waals surface area contributed by atoms with Crippen LogP contribution < -0.4 is 5.32 Å². The molecule has 1 amide bonds. The molecule has 5 nitrogen and oxygen atoms in total. The highest BCUT2D eigenvalue weighted by molar-refractivity contribution is 6.37. The van der Waals surface area contributed by atoms with Crippen LogP contribution in [-0.2, 0) is 0 Å². The summed E-state index contributed by atoms with van der Waals surface area (Å²) in [5.74, 6) is -0.194. The molecule has 0 saturated carbocycles. The number of rotatable bonds is 3. The third-order valence-electron chi connectivity index (χ3n) is 3.22. The van der Waals surface area contributed by atoms with Crippen LogP contribution in [0.2, 0.25) is 10.0 Å². The largest absolute Gasteiger partial charge is 0.302 e. The van der Waals surface area contributed by atoms with E-state index >= 15 is 0 Å². The quantitative estimate of drug-likeness (QED) is 0.751. The molecule has 0 aliphatic heterocycles. The lowest BCUT2D eigenvalue weighted by atomic mass is 10.1. The molecule has 0 spiro atoms. The first-order chi connectivity index (χ1) is 11.0. The normalized spacial score (nSPS) is 10.6. The summed E-state index contributed by atoms with van der Waals surface area (Å²) in [6.45, 7) is 1.98. The van der Waals surface area contributed by atoms with Gasteiger partial charge in [0.15, 0.2) is 5.69 Å². The lowest BCUT2D eigenvalue weighted by molar-refractivity contribution is 0.102. The van der Waals surface area contributed by atoms with Crippen molar-refractivity contribution in [2.24, 2.45) is 0 Å². The fourth-order valence-corrected chi connectivity index (χ4v) is 2.51. The van der Waals surface area contributed by atoms with Crippen molar-refractivity contribution in [2.45, 2.75) is 6.92 Å². The molecule has 1 heterocycles. The third-order valence-corrected chi connectivity index (χ3v) is 3.77. The molecule has 3 rings (SSSR count). The summed E-state index contributed by atoms with van der Waals surface area (Å²) in [6.07, 6.45) is 0. The smallest absolute Gasteiger partial charge is 0.258 e. The maximum absolute atomic E-state index is 12.3. The fraction of sp³-hybridized carbons (Fsp3) is 0.0625. The number of hydrogen-bond acceptors (Lipinski definition) is 4. The van der Waals surface area contributed by atoms with Crippen molar-refractivity contribution in [3.8, 4) is 11.3 Å². The molecule has 1 aromatic heterocycles. The van der Waals surface area contributed by atoms with E-state index in [1.54, 1.807) is 12.1 Å². The highest BCUT2D eigenvalue weighted by atomic mass is 35.5. The van der Waals surface area contributed by atoms with Crippen molar-refractivity contribution in [3.05, 3.63) is 63.6 Å². The number of nitrogens with one attached hydrogen (secondary N) is 1. The van der Waals surface area contributed by atoms with Gasteiger partial charge in [-0.1, -0.05) is 53.0 Å². The Hall–Kier alpha value is -2.37. The number of hydrogen-bond donors (Lipinski definition) is 1. The minimum absolute atomic E-state index is 0.227. The first-order valence-electron chi connectivity index (χ1n) is 6.70. The zero-order chi connectivity index (χ0) is 16.4. The second kappa shape index (κ2) is 6.40. The molecule has 0 bridgehead atoms. The Morgan fingerprint density at radius 2 is 1.83 bits per heavy atom. The van der Waals surface area contributed by atoms with Crippen molar-refractivity contribution in [1.29, 1.82) is 0 Å². The minimum atomic E-state index is -0.421. The monoisotopic (exact) mass is 347 g/mol. The van der Waals surface area contributed by atoms with E-state index < -0.39 is 5.91 Å². The van der Waals surface area contributed by atoms with Crippen LogP contribution in [0.3, 0.4) is 0 Å². The van der Waals surface area contributed by atoms with Gasteiger partial charge in [0.2, 0.25) is 5.82 Å². The molecule has 0 fully saturated rings. The Bertz CT molecular complexity index is 860. The van der Waals surface area contributed by atoms with Crippen molar-refractivity contribution in [2.75, 3.05) is 5.32 Å². The van der Waals surface area contributed by atoms with Crippen molar-refractivity contribution in [1.82, 2.24) is 10.3 Å². The molecular formula is C16H11Cl2N3O2. The maximum Gasteiger partial charge on any atom is 0.258 e. The highest BCUT2D eigenvalue weighted by Gasteiger charge is 2.17. The average molecular weight is 348 g/mol. The van der Waals surface area contributed by atoms with Gasteiger partial charge in [-0.25, -0.2) is 4.63 Å². The van der Waals surface area contributed by atoms with Crippen molar-refractivity contribution in [3.63, 3.8) is 0 Å². The van der Waals surface area contributed by atoms with Gasteiger partial charge in [0.05, 0.1) is 10.6 Å². The van der Waals surface area contributed by atoms with Crippen molar-refractivity contribution >= 4 is 34.9 Å². The van der Waals surface area contributed by atoms with Gasteiger partial charge in [-0.3, -0.25) is 4.79 Å². The van der Waals surface area contributed by atoms with Gasteiger partial charge >= 0.3 is 0 Å². The van der Waals surface area contributed by atoms with Gasteiger partial charge in [0.1, 0.15) is 0 Å². The van der Waals surface area contributed by atoms with Crippen LogP contribution in [0, 0.1) is 6.92 Å². The molecule has 7 heteroatoms. The van der Waals surface area contributed by atoms with Crippen LogP contribution in [-0.4, -0.2) is 16.2 Å². The SMILES string of the molecule is Cc1ccc(-c2nonc2NC(=O)c2ccc(Cl)cc2Cl)cc1. The van der Waals surface area contributed by atoms with E-state index in [9.17, 15) is 4.79 Å². The molecule has 23 heavy (non-hydrogen) atoms. The van der Waals surface area contributed by atoms with Crippen molar-refractivity contribution < 1.29 is 9.42 Å². The van der Waals surface area contributed by atoms with E-state index in [0.717, 1.165) is 11.1 Å². The Morgan fingerprint density at radius 1 is 1.09 bits per heavy atom. The molecule has 3 aromatic rings. The summed E-state index contributed by atoms with van der Waals surface area (Å²) in [5.41, 5.74) is 2.63. The molecule has 116 valence electrons.